The van der Waals surface area contributed by atoms with Gasteiger partial charge in [-0.15, -0.1) is 12.4 Å². The zero-order valence-corrected chi connectivity index (χ0v) is 15.3. The van der Waals surface area contributed by atoms with Crippen LogP contribution in [0.1, 0.15) is 39.3 Å². The van der Waals surface area contributed by atoms with Gasteiger partial charge in [0.15, 0.2) is 0 Å². The predicted molar refractivity (Wildman–Crippen MR) is 93.8 cm³/mol. The summed E-state index contributed by atoms with van der Waals surface area (Å²) in [6, 6.07) is 1.95. The summed E-state index contributed by atoms with van der Waals surface area (Å²) >= 11 is 0. The first kappa shape index (κ1) is 19.9. The van der Waals surface area contributed by atoms with Crippen LogP contribution in [0.3, 0.4) is 0 Å². The van der Waals surface area contributed by atoms with Gasteiger partial charge in [-0.1, -0.05) is 20.8 Å². The average molecular weight is 345 g/mol. The molecule has 1 aromatic rings. The number of halogens is 1. The van der Waals surface area contributed by atoms with Crippen LogP contribution in [0.5, 0.6) is 0 Å². The fraction of sp³-hybridized carbons (Fsp3) is 0.750. The Morgan fingerprint density at radius 1 is 1.43 bits per heavy atom. The monoisotopic (exact) mass is 344 g/mol. The maximum absolute atomic E-state index is 12.7. The van der Waals surface area contributed by atoms with Gasteiger partial charge in [-0.2, -0.15) is 5.10 Å². The molecule has 2 rings (SSSR count). The number of amides is 1. The minimum Gasteiger partial charge on any atom is -0.381 e. The quantitative estimate of drug-likeness (QED) is 0.876. The van der Waals surface area contributed by atoms with Crippen LogP contribution in [0.25, 0.3) is 0 Å². The van der Waals surface area contributed by atoms with E-state index in [-0.39, 0.29) is 23.7 Å². The number of carbonyl (C=O) groups is 1. The van der Waals surface area contributed by atoms with Gasteiger partial charge in [0.2, 0.25) is 5.91 Å². The topological polar surface area (TPSA) is 82.2 Å². The Morgan fingerprint density at radius 2 is 2.04 bits per heavy atom. The van der Waals surface area contributed by atoms with E-state index in [1.54, 1.807) is 4.68 Å². The van der Waals surface area contributed by atoms with Crippen molar-refractivity contribution in [3.8, 4) is 0 Å². The van der Waals surface area contributed by atoms with Crippen molar-refractivity contribution in [3.05, 3.63) is 11.8 Å². The minimum absolute atomic E-state index is 0. The third-order valence-corrected chi connectivity index (χ3v) is 4.21. The molecule has 1 aliphatic rings. The average Bonchev–Trinajstić information content (AvgIpc) is 2.77. The van der Waals surface area contributed by atoms with Gasteiger partial charge in [-0.3, -0.25) is 9.48 Å². The molecule has 3 N–H and O–H groups in total. The normalized spacial score (nSPS) is 17.4. The molecule has 2 heterocycles. The highest BCUT2D eigenvalue weighted by atomic mass is 35.5. The van der Waals surface area contributed by atoms with E-state index < -0.39 is 5.41 Å². The summed E-state index contributed by atoms with van der Waals surface area (Å²) in [7, 11) is 1.85. The SMILES string of the molecule is Cl.Cn1nc(CC(C)(C)C)cc1NC(=O)C1(CN)CCOCC1. The first-order valence-corrected chi connectivity index (χ1v) is 7.88. The van der Waals surface area contributed by atoms with Gasteiger partial charge in [0.05, 0.1) is 11.1 Å². The molecule has 0 saturated carbocycles. The number of aryl methyl sites for hydroxylation is 1. The van der Waals surface area contributed by atoms with Gasteiger partial charge in [0, 0.05) is 32.9 Å². The van der Waals surface area contributed by atoms with E-state index in [1.807, 2.05) is 13.1 Å². The molecule has 1 saturated heterocycles. The fourth-order valence-corrected chi connectivity index (χ4v) is 2.81. The van der Waals surface area contributed by atoms with Crippen LogP contribution < -0.4 is 11.1 Å². The number of hydrogen-bond acceptors (Lipinski definition) is 4. The molecule has 1 aromatic heterocycles. The summed E-state index contributed by atoms with van der Waals surface area (Å²) in [5, 5.41) is 7.49. The summed E-state index contributed by atoms with van der Waals surface area (Å²) in [6.07, 6.45) is 2.21. The standard InChI is InChI=1S/C16H28N4O2.ClH/c1-15(2,3)10-12-9-13(20(4)19-12)18-14(21)16(11-17)5-7-22-8-6-16;/h9H,5-8,10-11,17H2,1-4H3,(H,18,21);1H. The van der Waals surface area contributed by atoms with Crippen molar-refractivity contribution in [3.63, 3.8) is 0 Å². The van der Waals surface area contributed by atoms with Gasteiger partial charge in [0.25, 0.3) is 0 Å². The number of anilines is 1. The summed E-state index contributed by atoms with van der Waals surface area (Å²) in [4.78, 5) is 12.7. The van der Waals surface area contributed by atoms with Crippen molar-refractivity contribution in [1.29, 1.82) is 0 Å². The number of nitrogens with zero attached hydrogens (tertiary/aromatic N) is 2. The van der Waals surface area contributed by atoms with Gasteiger partial charge in [-0.05, 0) is 24.7 Å². The van der Waals surface area contributed by atoms with Gasteiger partial charge < -0.3 is 15.8 Å². The number of nitrogens with one attached hydrogen (secondary N) is 1. The lowest BCUT2D eigenvalue weighted by molar-refractivity contribution is -0.130. The lowest BCUT2D eigenvalue weighted by Crippen LogP contribution is -2.46. The number of ether oxygens (including phenoxy) is 1. The second-order valence-electron chi connectivity index (χ2n) is 7.43. The molecule has 0 atom stereocenters. The van der Waals surface area contributed by atoms with Crippen molar-refractivity contribution in [2.24, 2.45) is 23.6 Å². The Morgan fingerprint density at radius 3 is 2.57 bits per heavy atom. The van der Waals surface area contributed by atoms with Crippen LogP contribution >= 0.6 is 12.4 Å². The second-order valence-corrected chi connectivity index (χ2v) is 7.43. The van der Waals surface area contributed by atoms with E-state index in [4.69, 9.17) is 10.5 Å². The van der Waals surface area contributed by atoms with Crippen molar-refractivity contribution < 1.29 is 9.53 Å². The summed E-state index contributed by atoms with van der Waals surface area (Å²) in [6.45, 7) is 8.04. The van der Waals surface area contributed by atoms with Crippen LogP contribution in [-0.4, -0.2) is 35.4 Å². The van der Waals surface area contributed by atoms with E-state index in [9.17, 15) is 4.79 Å². The molecule has 7 heteroatoms. The highest BCUT2D eigenvalue weighted by Crippen LogP contribution is 2.31. The summed E-state index contributed by atoms with van der Waals surface area (Å²) in [5.41, 5.74) is 6.51. The Bertz CT molecular complexity index is 531. The first-order valence-electron chi connectivity index (χ1n) is 7.88. The Balaban J connectivity index is 0.00000264. The Labute approximate surface area is 144 Å². The fourth-order valence-electron chi connectivity index (χ4n) is 2.81. The number of hydrogen-bond donors (Lipinski definition) is 2. The molecule has 0 aliphatic carbocycles. The van der Waals surface area contributed by atoms with E-state index in [2.05, 4.69) is 31.2 Å². The highest BCUT2D eigenvalue weighted by Gasteiger charge is 2.39. The van der Waals surface area contributed by atoms with Crippen LogP contribution in [0.15, 0.2) is 6.07 Å². The molecule has 0 aromatic carbocycles. The maximum Gasteiger partial charge on any atom is 0.233 e. The molecule has 23 heavy (non-hydrogen) atoms. The summed E-state index contributed by atoms with van der Waals surface area (Å²) in [5.74, 6) is 0.701. The predicted octanol–water partition coefficient (Wildman–Crippen LogP) is 2.12. The molecule has 0 unspecified atom stereocenters. The number of aromatic nitrogens is 2. The Kier molecular flexibility index (Phi) is 6.62. The van der Waals surface area contributed by atoms with Gasteiger partial charge in [0.1, 0.15) is 5.82 Å². The van der Waals surface area contributed by atoms with Gasteiger partial charge >= 0.3 is 0 Å². The number of nitrogens with two attached hydrogens (primary N) is 1. The molecule has 0 radical (unpaired) electrons. The first-order chi connectivity index (χ1) is 10.3. The van der Waals surface area contributed by atoms with Crippen LogP contribution in [0, 0.1) is 10.8 Å². The lowest BCUT2D eigenvalue weighted by Gasteiger charge is -2.34. The number of rotatable bonds is 4. The van der Waals surface area contributed by atoms with Crippen molar-refractivity contribution >= 4 is 24.1 Å². The third-order valence-electron chi connectivity index (χ3n) is 4.21. The molecule has 1 fully saturated rings. The molecule has 1 amide bonds. The molecule has 132 valence electrons. The van der Waals surface area contributed by atoms with Crippen molar-refractivity contribution in [2.45, 2.75) is 40.0 Å². The molecule has 0 spiro atoms. The third kappa shape index (κ3) is 4.93. The van der Waals surface area contributed by atoms with Crippen molar-refractivity contribution in [2.75, 3.05) is 25.1 Å². The second kappa shape index (κ2) is 7.64. The molecule has 1 aliphatic heterocycles. The van der Waals surface area contributed by atoms with E-state index in [0.29, 0.717) is 32.6 Å². The molecule has 0 bridgehead atoms. The zero-order chi connectivity index (χ0) is 16.4. The van der Waals surface area contributed by atoms with Crippen LogP contribution in [0.4, 0.5) is 5.82 Å². The van der Waals surface area contributed by atoms with E-state index in [1.165, 1.54) is 0 Å². The van der Waals surface area contributed by atoms with Gasteiger partial charge in [-0.25, -0.2) is 0 Å². The number of carbonyl (C=O) groups excluding carboxylic acids is 1. The lowest BCUT2D eigenvalue weighted by atomic mass is 9.79. The molecule has 6 nitrogen and oxygen atoms in total. The van der Waals surface area contributed by atoms with E-state index >= 15 is 0 Å². The molecular weight excluding hydrogens is 316 g/mol. The Hall–Kier alpha value is -1.11. The smallest absolute Gasteiger partial charge is 0.233 e. The largest absolute Gasteiger partial charge is 0.381 e. The summed E-state index contributed by atoms with van der Waals surface area (Å²) < 4.78 is 7.08. The zero-order valence-electron chi connectivity index (χ0n) is 14.5. The molecular formula is C16H29ClN4O2. The van der Waals surface area contributed by atoms with Crippen molar-refractivity contribution in [1.82, 2.24) is 9.78 Å². The van der Waals surface area contributed by atoms with Crippen LogP contribution in [-0.2, 0) is 23.0 Å². The highest BCUT2D eigenvalue weighted by molar-refractivity contribution is 5.95. The van der Waals surface area contributed by atoms with Crippen LogP contribution in [0.2, 0.25) is 0 Å². The maximum atomic E-state index is 12.7. The van der Waals surface area contributed by atoms with E-state index in [0.717, 1.165) is 17.9 Å². The minimum atomic E-state index is -0.521.